The molecule has 1 atom stereocenters. The van der Waals surface area contributed by atoms with E-state index in [0.29, 0.717) is 6.42 Å². The van der Waals surface area contributed by atoms with E-state index in [0.717, 1.165) is 48.8 Å². The lowest BCUT2D eigenvalue weighted by Gasteiger charge is -2.22. The summed E-state index contributed by atoms with van der Waals surface area (Å²) in [4.78, 5) is 12.9. The van der Waals surface area contributed by atoms with Crippen LogP contribution in [0, 0.1) is 13.8 Å². The zero-order valence-electron chi connectivity index (χ0n) is 21.1. The van der Waals surface area contributed by atoms with Crippen LogP contribution in [0.5, 0.6) is 0 Å². The molecule has 1 aliphatic rings. The molecule has 6 bridgehead atoms. The van der Waals surface area contributed by atoms with Gasteiger partial charge in [0.15, 0.2) is 5.78 Å². The molecule has 3 aromatic carbocycles. The Hall–Kier alpha value is -2.97. The Balaban J connectivity index is 1.92. The molecule has 0 saturated heterocycles. The fourth-order valence-corrected chi connectivity index (χ4v) is 5.05. The Morgan fingerprint density at radius 3 is 2.50 bits per heavy atom. The van der Waals surface area contributed by atoms with Crippen molar-refractivity contribution in [2.75, 3.05) is 7.05 Å². The van der Waals surface area contributed by atoms with Gasteiger partial charge in [-0.15, -0.1) is 0 Å². The SMILES string of the molecule is CCCCC(=O)/C=C1/c2cccc(c2)CCCc2cc(ccc2C)C(NC)c2ccc(C)c1c2. The highest BCUT2D eigenvalue weighted by molar-refractivity contribution is 6.00. The molecule has 0 amide bonds. The molecule has 0 aromatic heterocycles. The van der Waals surface area contributed by atoms with E-state index in [9.17, 15) is 4.79 Å². The summed E-state index contributed by atoms with van der Waals surface area (Å²) in [7, 11) is 2.03. The number of ketones is 1. The highest BCUT2D eigenvalue weighted by Crippen LogP contribution is 2.33. The summed E-state index contributed by atoms with van der Waals surface area (Å²) in [5.41, 5.74) is 11.1. The van der Waals surface area contributed by atoms with Gasteiger partial charge in [0.2, 0.25) is 0 Å². The van der Waals surface area contributed by atoms with Gasteiger partial charge in [-0.1, -0.05) is 67.9 Å². The summed E-state index contributed by atoms with van der Waals surface area (Å²) in [6.45, 7) is 6.50. The highest BCUT2D eigenvalue weighted by atomic mass is 16.1. The van der Waals surface area contributed by atoms with Crippen LogP contribution in [0.3, 0.4) is 0 Å². The van der Waals surface area contributed by atoms with E-state index in [1.165, 1.54) is 33.4 Å². The molecule has 0 aliphatic heterocycles. The molecule has 1 unspecified atom stereocenters. The first-order valence-corrected chi connectivity index (χ1v) is 12.7. The van der Waals surface area contributed by atoms with Crippen LogP contribution in [-0.2, 0) is 17.6 Å². The van der Waals surface area contributed by atoms with Crippen molar-refractivity contribution in [3.63, 3.8) is 0 Å². The predicted molar refractivity (Wildman–Crippen MR) is 143 cm³/mol. The molecule has 4 rings (SSSR count). The number of fused-ring (bicyclic) bond motifs is 6. The molecule has 0 heterocycles. The zero-order valence-corrected chi connectivity index (χ0v) is 21.1. The Kier molecular flexibility index (Phi) is 7.80. The molecule has 0 spiro atoms. The maximum Gasteiger partial charge on any atom is 0.156 e. The largest absolute Gasteiger partial charge is 0.309 e. The number of nitrogens with one attached hydrogen (secondary N) is 1. The third kappa shape index (κ3) is 5.39. The quantitative estimate of drug-likeness (QED) is 0.413. The first kappa shape index (κ1) is 24.2. The Morgan fingerprint density at radius 2 is 1.74 bits per heavy atom. The first-order valence-electron chi connectivity index (χ1n) is 12.7. The number of hydrogen-bond acceptors (Lipinski definition) is 2. The van der Waals surface area contributed by atoms with Crippen molar-refractivity contribution in [1.82, 2.24) is 5.32 Å². The molecule has 1 N–H and O–H groups in total. The molecule has 176 valence electrons. The number of allylic oxidation sites excluding steroid dienone is 1. The van der Waals surface area contributed by atoms with Crippen LogP contribution in [0.1, 0.15) is 83.2 Å². The number of hydrogen-bond donors (Lipinski definition) is 1. The topological polar surface area (TPSA) is 29.1 Å². The van der Waals surface area contributed by atoms with E-state index >= 15 is 0 Å². The number of aryl methyl sites for hydroxylation is 4. The minimum atomic E-state index is 0.102. The molecule has 2 heteroatoms. The van der Waals surface area contributed by atoms with E-state index in [-0.39, 0.29) is 11.8 Å². The van der Waals surface area contributed by atoms with Gasteiger partial charge in [-0.25, -0.2) is 0 Å². The second-order valence-corrected chi connectivity index (χ2v) is 9.66. The number of rotatable bonds is 5. The van der Waals surface area contributed by atoms with Gasteiger partial charge < -0.3 is 5.32 Å². The summed E-state index contributed by atoms with van der Waals surface area (Å²) in [6, 6.07) is 22.5. The molecule has 34 heavy (non-hydrogen) atoms. The van der Waals surface area contributed by atoms with Gasteiger partial charge in [0.25, 0.3) is 0 Å². The molecular weight excluding hydrogens is 414 g/mol. The molecule has 0 saturated carbocycles. The van der Waals surface area contributed by atoms with Crippen molar-refractivity contribution >= 4 is 11.4 Å². The van der Waals surface area contributed by atoms with E-state index < -0.39 is 0 Å². The number of benzene rings is 3. The molecule has 1 aliphatic carbocycles. The molecule has 0 fully saturated rings. The number of unbranched alkanes of at least 4 members (excludes halogenated alkanes) is 1. The summed E-state index contributed by atoms with van der Waals surface area (Å²) < 4.78 is 0. The monoisotopic (exact) mass is 451 g/mol. The van der Waals surface area contributed by atoms with E-state index in [1.54, 1.807) is 0 Å². The van der Waals surface area contributed by atoms with Crippen molar-refractivity contribution in [2.24, 2.45) is 0 Å². The van der Waals surface area contributed by atoms with Gasteiger partial charge >= 0.3 is 0 Å². The average Bonchev–Trinajstić information content (AvgIpc) is 2.84. The fourth-order valence-electron chi connectivity index (χ4n) is 5.05. The molecular formula is C32H37NO. The maximum atomic E-state index is 12.9. The summed E-state index contributed by atoms with van der Waals surface area (Å²) in [6.07, 6.45) is 7.66. The maximum absolute atomic E-state index is 12.9. The predicted octanol–water partition coefficient (Wildman–Crippen LogP) is 7.29. The van der Waals surface area contributed by atoms with Crippen molar-refractivity contribution in [2.45, 2.75) is 65.3 Å². The van der Waals surface area contributed by atoms with E-state index in [2.05, 4.69) is 86.8 Å². The third-order valence-corrected chi connectivity index (χ3v) is 7.11. The van der Waals surface area contributed by atoms with E-state index in [1.807, 2.05) is 13.1 Å². The fraction of sp³-hybridized carbons (Fsp3) is 0.344. The van der Waals surface area contributed by atoms with Crippen molar-refractivity contribution in [3.8, 4) is 0 Å². The minimum Gasteiger partial charge on any atom is -0.309 e. The van der Waals surface area contributed by atoms with Gasteiger partial charge in [-0.05, 0) is 109 Å². The molecule has 3 aromatic rings. The van der Waals surface area contributed by atoms with Gasteiger partial charge in [-0.3, -0.25) is 4.79 Å². The summed E-state index contributed by atoms with van der Waals surface area (Å²) in [5.74, 6) is 0.210. The minimum absolute atomic E-state index is 0.102. The standard InChI is InChI=1S/C32H37NO/c1-5-6-13-29(34)21-31-26-12-8-10-24(18-26)9-7-11-25-19-27(16-14-22(25)2)32(33-4)28-17-15-23(3)30(31)20-28/h8,10,12,14-21,32-33H,5-7,9,11,13H2,1-4H3/b31-21-. The van der Waals surface area contributed by atoms with Crippen LogP contribution in [0.15, 0.2) is 66.7 Å². The van der Waals surface area contributed by atoms with Gasteiger partial charge in [0.1, 0.15) is 0 Å². The highest BCUT2D eigenvalue weighted by Gasteiger charge is 2.18. The number of carbonyl (C=O) groups excluding carboxylic acids is 1. The van der Waals surface area contributed by atoms with Crippen molar-refractivity contribution in [1.29, 1.82) is 0 Å². The van der Waals surface area contributed by atoms with Crippen LogP contribution in [-0.4, -0.2) is 12.8 Å². The van der Waals surface area contributed by atoms with Crippen molar-refractivity contribution < 1.29 is 4.79 Å². The molecule has 2 nitrogen and oxygen atoms in total. The lowest BCUT2D eigenvalue weighted by Crippen LogP contribution is -2.18. The molecule has 0 radical (unpaired) electrons. The lowest BCUT2D eigenvalue weighted by molar-refractivity contribution is -0.114. The summed E-state index contributed by atoms with van der Waals surface area (Å²) >= 11 is 0. The second kappa shape index (κ2) is 11.0. The average molecular weight is 452 g/mol. The van der Waals surface area contributed by atoms with Crippen LogP contribution < -0.4 is 5.32 Å². The third-order valence-electron chi connectivity index (χ3n) is 7.11. The van der Waals surface area contributed by atoms with Crippen LogP contribution in [0.4, 0.5) is 0 Å². The summed E-state index contributed by atoms with van der Waals surface area (Å²) in [5, 5.41) is 3.54. The van der Waals surface area contributed by atoms with Crippen LogP contribution in [0.25, 0.3) is 5.57 Å². The van der Waals surface area contributed by atoms with Gasteiger partial charge in [-0.2, -0.15) is 0 Å². The van der Waals surface area contributed by atoms with Gasteiger partial charge in [0.05, 0.1) is 6.04 Å². The van der Waals surface area contributed by atoms with E-state index in [4.69, 9.17) is 0 Å². The van der Waals surface area contributed by atoms with Crippen LogP contribution >= 0.6 is 0 Å². The number of carbonyl (C=O) groups is 1. The smallest absolute Gasteiger partial charge is 0.156 e. The Labute approximate surface area is 205 Å². The zero-order chi connectivity index (χ0) is 24.1. The Morgan fingerprint density at radius 1 is 0.971 bits per heavy atom. The second-order valence-electron chi connectivity index (χ2n) is 9.66. The van der Waals surface area contributed by atoms with Crippen LogP contribution in [0.2, 0.25) is 0 Å². The van der Waals surface area contributed by atoms with Gasteiger partial charge in [0, 0.05) is 6.42 Å². The van der Waals surface area contributed by atoms with Crippen molar-refractivity contribution in [3.05, 3.63) is 111 Å². The Bertz CT molecular complexity index is 1200. The first-order chi connectivity index (χ1) is 16.5. The normalized spacial score (nSPS) is 16.8. The lowest BCUT2D eigenvalue weighted by atomic mass is 9.86.